The molecule has 0 aliphatic rings. The molecule has 0 saturated heterocycles. The summed E-state index contributed by atoms with van der Waals surface area (Å²) in [5.74, 6) is -0.637. The quantitative estimate of drug-likeness (QED) is 0.226. The molecule has 1 atom stereocenters. The van der Waals surface area contributed by atoms with Gasteiger partial charge >= 0.3 is 12.1 Å². The first-order chi connectivity index (χ1) is 18.7. The maximum Gasteiger partial charge on any atom is 0.416 e. The molecular formula is C30H30F3N3O3. The highest BCUT2D eigenvalue weighted by molar-refractivity contribution is 5.98. The Kier molecular flexibility index (Phi) is 8.69. The Morgan fingerprint density at radius 1 is 0.974 bits per heavy atom. The number of hydrogen-bond donors (Lipinski definition) is 1. The molecule has 4 rings (SSSR count). The summed E-state index contributed by atoms with van der Waals surface area (Å²) in [5.41, 5.74) is 3.24. The predicted molar refractivity (Wildman–Crippen MR) is 143 cm³/mol. The minimum Gasteiger partial charge on any atom is -0.466 e. The predicted octanol–water partition coefficient (Wildman–Crippen LogP) is 6.79. The molecule has 0 fully saturated rings. The number of alkyl halides is 3. The van der Waals surface area contributed by atoms with Crippen molar-refractivity contribution in [2.75, 3.05) is 13.2 Å². The number of aromatic nitrogens is 2. The number of carbonyl (C=O) groups excluding carboxylic acids is 2. The van der Waals surface area contributed by atoms with E-state index in [0.29, 0.717) is 17.7 Å². The molecular weight excluding hydrogens is 507 g/mol. The minimum absolute atomic E-state index is 0.0570. The van der Waals surface area contributed by atoms with Crippen molar-refractivity contribution in [3.63, 3.8) is 0 Å². The average Bonchev–Trinajstić information content (AvgIpc) is 3.34. The number of amides is 1. The summed E-state index contributed by atoms with van der Waals surface area (Å²) in [7, 11) is 0. The first kappa shape index (κ1) is 27.9. The Morgan fingerprint density at radius 3 is 2.26 bits per heavy atom. The van der Waals surface area contributed by atoms with Crippen LogP contribution in [0.2, 0.25) is 0 Å². The zero-order chi connectivity index (χ0) is 28.0. The van der Waals surface area contributed by atoms with Crippen molar-refractivity contribution in [2.24, 2.45) is 0 Å². The molecule has 0 bridgehead atoms. The molecule has 3 aromatic carbocycles. The smallest absolute Gasteiger partial charge is 0.416 e. The number of halogens is 3. The molecule has 1 heterocycles. The second-order valence-corrected chi connectivity index (χ2v) is 9.18. The van der Waals surface area contributed by atoms with Crippen LogP contribution in [0.4, 0.5) is 13.2 Å². The molecule has 0 aliphatic heterocycles. The number of ether oxygens (including phenoxy) is 1. The monoisotopic (exact) mass is 537 g/mol. The van der Waals surface area contributed by atoms with Crippen LogP contribution >= 0.6 is 0 Å². The van der Waals surface area contributed by atoms with Crippen molar-refractivity contribution in [3.05, 3.63) is 89.6 Å². The average molecular weight is 538 g/mol. The standard InChI is InChI=1S/C30H30F3N3O3/c1-3-5-26(22-8-6-20(7-9-22)21-10-13-25(14-11-21)30(31,32)33)36-27-15-12-23(18-24(27)19-35-36)29(38)34-17-16-28(37)39-4-2/h6-15,18-19,26H,3-5,16-17H2,1-2H3,(H,34,38). The highest BCUT2D eigenvalue weighted by atomic mass is 19.4. The molecule has 0 radical (unpaired) electrons. The molecule has 9 heteroatoms. The van der Waals surface area contributed by atoms with Crippen LogP contribution in [0.25, 0.3) is 22.0 Å². The van der Waals surface area contributed by atoms with Gasteiger partial charge in [0, 0.05) is 17.5 Å². The molecule has 1 N–H and O–H groups in total. The lowest BCUT2D eigenvalue weighted by atomic mass is 9.97. The Morgan fingerprint density at radius 2 is 1.64 bits per heavy atom. The fraction of sp³-hybridized carbons (Fsp3) is 0.300. The van der Waals surface area contributed by atoms with Crippen LogP contribution in [0.15, 0.2) is 72.9 Å². The van der Waals surface area contributed by atoms with Gasteiger partial charge in [-0.2, -0.15) is 18.3 Å². The first-order valence-corrected chi connectivity index (χ1v) is 12.9. The van der Waals surface area contributed by atoms with E-state index >= 15 is 0 Å². The maximum absolute atomic E-state index is 12.9. The van der Waals surface area contributed by atoms with Crippen LogP contribution in [0.5, 0.6) is 0 Å². The third-order valence-electron chi connectivity index (χ3n) is 6.48. The second kappa shape index (κ2) is 12.1. The lowest BCUT2D eigenvalue weighted by Crippen LogP contribution is -2.26. The lowest BCUT2D eigenvalue weighted by Gasteiger charge is -2.19. The first-order valence-electron chi connectivity index (χ1n) is 12.9. The Balaban J connectivity index is 1.52. The number of rotatable bonds is 10. The van der Waals surface area contributed by atoms with E-state index in [1.165, 1.54) is 12.1 Å². The molecule has 1 aromatic heterocycles. The van der Waals surface area contributed by atoms with Crippen molar-refractivity contribution in [1.29, 1.82) is 0 Å². The van der Waals surface area contributed by atoms with E-state index < -0.39 is 11.7 Å². The second-order valence-electron chi connectivity index (χ2n) is 9.18. The van der Waals surface area contributed by atoms with Crippen LogP contribution in [0, 0.1) is 0 Å². The van der Waals surface area contributed by atoms with E-state index in [1.807, 2.05) is 35.0 Å². The molecule has 0 aliphatic carbocycles. The summed E-state index contributed by atoms with van der Waals surface area (Å²) in [6.45, 7) is 4.31. The molecule has 204 valence electrons. The van der Waals surface area contributed by atoms with Crippen LogP contribution in [-0.4, -0.2) is 34.8 Å². The fourth-order valence-corrected chi connectivity index (χ4v) is 4.51. The van der Waals surface area contributed by atoms with Gasteiger partial charge in [-0.15, -0.1) is 0 Å². The number of benzene rings is 3. The van der Waals surface area contributed by atoms with Crippen molar-refractivity contribution in [1.82, 2.24) is 15.1 Å². The molecule has 39 heavy (non-hydrogen) atoms. The zero-order valence-electron chi connectivity index (χ0n) is 21.8. The Bertz CT molecular complexity index is 1430. The van der Waals surface area contributed by atoms with Gasteiger partial charge in [-0.25, -0.2) is 0 Å². The largest absolute Gasteiger partial charge is 0.466 e. The van der Waals surface area contributed by atoms with Gasteiger partial charge in [-0.1, -0.05) is 49.7 Å². The van der Waals surface area contributed by atoms with Gasteiger partial charge in [-0.3, -0.25) is 14.3 Å². The lowest BCUT2D eigenvalue weighted by molar-refractivity contribution is -0.143. The third-order valence-corrected chi connectivity index (χ3v) is 6.48. The van der Waals surface area contributed by atoms with E-state index in [9.17, 15) is 22.8 Å². The summed E-state index contributed by atoms with van der Waals surface area (Å²) in [5, 5.41) is 8.18. The van der Waals surface area contributed by atoms with Gasteiger partial charge in [0.25, 0.3) is 5.91 Å². The maximum atomic E-state index is 12.9. The van der Waals surface area contributed by atoms with Gasteiger partial charge < -0.3 is 10.1 Å². The number of nitrogens with one attached hydrogen (secondary N) is 1. The molecule has 0 spiro atoms. The number of nitrogens with zero attached hydrogens (tertiary/aromatic N) is 2. The van der Waals surface area contributed by atoms with Crippen molar-refractivity contribution in [2.45, 2.75) is 45.3 Å². The number of carbonyl (C=O) groups is 2. The zero-order valence-corrected chi connectivity index (χ0v) is 21.8. The van der Waals surface area contributed by atoms with E-state index in [-0.39, 0.29) is 30.9 Å². The number of esters is 1. The van der Waals surface area contributed by atoms with E-state index in [0.717, 1.165) is 47.0 Å². The summed E-state index contributed by atoms with van der Waals surface area (Å²) < 4.78 is 45.5. The van der Waals surface area contributed by atoms with Crippen molar-refractivity contribution < 1.29 is 27.5 Å². The Hall–Kier alpha value is -4.14. The van der Waals surface area contributed by atoms with E-state index in [4.69, 9.17) is 4.74 Å². The van der Waals surface area contributed by atoms with Crippen molar-refractivity contribution in [3.8, 4) is 11.1 Å². The van der Waals surface area contributed by atoms with E-state index in [2.05, 4.69) is 17.3 Å². The summed E-state index contributed by atoms with van der Waals surface area (Å²) in [6, 6.07) is 18.2. The fourth-order valence-electron chi connectivity index (χ4n) is 4.51. The number of hydrogen-bond acceptors (Lipinski definition) is 4. The van der Waals surface area contributed by atoms with Gasteiger partial charge in [0.1, 0.15) is 0 Å². The summed E-state index contributed by atoms with van der Waals surface area (Å²) in [4.78, 5) is 24.0. The van der Waals surface area contributed by atoms with Crippen LogP contribution in [0.1, 0.15) is 60.6 Å². The van der Waals surface area contributed by atoms with Gasteiger partial charge in [0.2, 0.25) is 0 Å². The van der Waals surface area contributed by atoms with Gasteiger partial charge in [0.15, 0.2) is 0 Å². The van der Waals surface area contributed by atoms with E-state index in [1.54, 1.807) is 25.3 Å². The topological polar surface area (TPSA) is 73.2 Å². The molecule has 0 saturated carbocycles. The molecule has 6 nitrogen and oxygen atoms in total. The molecule has 1 unspecified atom stereocenters. The third kappa shape index (κ3) is 6.66. The van der Waals surface area contributed by atoms with Crippen molar-refractivity contribution >= 4 is 22.8 Å². The van der Waals surface area contributed by atoms with Crippen LogP contribution < -0.4 is 5.32 Å². The SMILES string of the molecule is CCCC(c1ccc(-c2ccc(C(F)(F)F)cc2)cc1)n1ncc2cc(C(=O)NCCC(=O)OCC)ccc21. The summed E-state index contributed by atoms with van der Waals surface area (Å²) >= 11 is 0. The summed E-state index contributed by atoms with van der Waals surface area (Å²) in [6.07, 6.45) is -0.794. The van der Waals surface area contributed by atoms with Crippen LogP contribution in [-0.2, 0) is 15.7 Å². The van der Waals surface area contributed by atoms with Gasteiger partial charge in [-0.05, 0) is 60.4 Å². The molecule has 1 amide bonds. The molecule has 4 aromatic rings. The minimum atomic E-state index is -4.36. The normalized spacial score (nSPS) is 12.3. The highest BCUT2D eigenvalue weighted by Crippen LogP contribution is 2.32. The number of fused-ring (bicyclic) bond motifs is 1. The van der Waals surface area contributed by atoms with Crippen LogP contribution in [0.3, 0.4) is 0 Å². The Labute approximate surface area is 224 Å². The van der Waals surface area contributed by atoms with Gasteiger partial charge in [0.05, 0.1) is 36.3 Å². The highest BCUT2D eigenvalue weighted by Gasteiger charge is 2.30.